The van der Waals surface area contributed by atoms with Gasteiger partial charge in [-0.05, 0) is 30.7 Å². The molecular formula is C12H16N2O2. The van der Waals surface area contributed by atoms with Crippen molar-refractivity contribution in [1.82, 2.24) is 5.43 Å². The molecule has 0 aromatic heterocycles. The number of methoxy groups -OCH3 is 1. The Labute approximate surface area is 95.3 Å². The molecule has 0 aliphatic heterocycles. The van der Waals surface area contributed by atoms with Crippen LogP contribution >= 0.6 is 0 Å². The maximum Gasteiger partial charge on any atom is 0.271 e. The van der Waals surface area contributed by atoms with Gasteiger partial charge in [-0.1, -0.05) is 13.3 Å². The Morgan fingerprint density at radius 2 is 2.12 bits per heavy atom. The average Bonchev–Trinajstić information content (AvgIpc) is 2.34. The molecule has 1 rings (SSSR count). The molecular weight excluding hydrogens is 204 g/mol. The third kappa shape index (κ3) is 3.73. The van der Waals surface area contributed by atoms with E-state index in [4.69, 9.17) is 4.74 Å². The summed E-state index contributed by atoms with van der Waals surface area (Å²) in [6.45, 7) is 2.05. The van der Waals surface area contributed by atoms with Gasteiger partial charge in [0.25, 0.3) is 5.91 Å². The molecule has 1 aromatic rings. The number of nitrogens with zero attached hydrogens (tertiary/aromatic N) is 1. The molecule has 16 heavy (non-hydrogen) atoms. The smallest absolute Gasteiger partial charge is 0.271 e. The van der Waals surface area contributed by atoms with Crippen molar-refractivity contribution >= 4 is 12.1 Å². The number of benzene rings is 1. The van der Waals surface area contributed by atoms with Gasteiger partial charge in [-0.25, -0.2) is 5.43 Å². The van der Waals surface area contributed by atoms with Crippen molar-refractivity contribution in [2.45, 2.75) is 19.8 Å². The van der Waals surface area contributed by atoms with E-state index in [0.717, 1.165) is 18.6 Å². The summed E-state index contributed by atoms with van der Waals surface area (Å²) < 4.78 is 5.00. The van der Waals surface area contributed by atoms with E-state index in [1.807, 2.05) is 0 Å². The van der Waals surface area contributed by atoms with Crippen LogP contribution in [0.3, 0.4) is 0 Å². The number of carbonyl (C=O) groups excluding carboxylic acids is 1. The number of hydrogen-bond donors (Lipinski definition) is 1. The van der Waals surface area contributed by atoms with E-state index in [2.05, 4.69) is 17.5 Å². The van der Waals surface area contributed by atoms with Gasteiger partial charge in [0.1, 0.15) is 5.75 Å². The van der Waals surface area contributed by atoms with Crippen LogP contribution in [0.5, 0.6) is 5.75 Å². The quantitative estimate of drug-likeness (QED) is 0.611. The second-order valence-corrected chi connectivity index (χ2v) is 3.27. The molecule has 1 aromatic carbocycles. The van der Waals surface area contributed by atoms with Crippen molar-refractivity contribution in [3.63, 3.8) is 0 Å². The summed E-state index contributed by atoms with van der Waals surface area (Å²) in [5.41, 5.74) is 3.03. The van der Waals surface area contributed by atoms with Gasteiger partial charge >= 0.3 is 0 Å². The van der Waals surface area contributed by atoms with Gasteiger partial charge in [-0.2, -0.15) is 5.10 Å². The van der Waals surface area contributed by atoms with Crippen LogP contribution in [0.1, 0.15) is 30.1 Å². The number of hydrazone groups is 1. The lowest BCUT2D eigenvalue weighted by Crippen LogP contribution is -2.17. The fraction of sp³-hybridized carbons (Fsp3) is 0.333. The lowest BCUT2D eigenvalue weighted by molar-refractivity contribution is 0.0955. The molecule has 0 atom stereocenters. The normalized spacial score (nSPS) is 10.4. The first kappa shape index (κ1) is 12.2. The number of rotatable bonds is 5. The Morgan fingerprint density at radius 3 is 2.69 bits per heavy atom. The number of hydrogen-bond acceptors (Lipinski definition) is 3. The predicted molar refractivity (Wildman–Crippen MR) is 63.9 cm³/mol. The molecule has 0 saturated carbocycles. The Kier molecular flexibility index (Phi) is 5.05. The Morgan fingerprint density at radius 1 is 1.44 bits per heavy atom. The maximum absolute atomic E-state index is 11.5. The topological polar surface area (TPSA) is 50.7 Å². The van der Waals surface area contributed by atoms with E-state index in [0.29, 0.717) is 5.56 Å². The van der Waals surface area contributed by atoms with Gasteiger partial charge < -0.3 is 4.74 Å². The highest BCUT2D eigenvalue weighted by Gasteiger charge is 2.03. The third-order valence-electron chi connectivity index (χ3n) is 2.03. The Balaban J connectivity index is 2.52. The third-order valence-corrected chi connectivity index (χ3v) is 2.03. The van der Waals surface area contributed by atoms with Gasteiger partial charge in [-0.3, -0.25) is 4.79 Å². The Bertz CT molecular complexity index is 358. The zero-order valence-electron chi connectivity index (χ0n) is 9.56. The van der Waals surface area contributed by atoms with Crippen LogP contribution in [0.15, 0.2) is 29.4 Å². The van der Waals surface area contributed by atoms with Crippen LogP contribution < -0.4 is 10.2 Å². The summed E-state index contributed by atoms with van der Waals surface area (Å²) >= 11 is 0. The highest BCUT2D eigenvalue weighted by molar-refractivity contribution is 5.94. The molecule has 4 nitrogen and oxygen atoms in total. The zero-order chi connectivity index (χ0) is 11.8. The average molecular weight is 220 g/mol. The molecule has 0 saturated heterocycles. The van der Waals surface area contributed by atoms with E-state index in [1.165, 1.54) is 0 Å². The van der Waals surface area contributed by atoms with Crippen LogP contribution in [-0.2, 0) is 0 Å². The fourth-order valence-corrected chi connectivity index (χ4v) is 1.10. The molecule has 0 unspecified atom stereocenters. The van der Waals surface area contributed by atoms with Crippen LogP contribution in [0.4, 0.5) is 0 Å². The van der Waals surface area contributed by atoms with E-state index >= 15 is 0 Å². The van der Waals surface area contributed by atoms with Crippen molar-refractivity contribution in [3.8, 4) is 5.75 Å². The molecule has 0 spiro atoms. The molecule has 86 valence electrons. The van der Waals surface area contributed by atoms with Crippen LogP contribution in [-0.4, -0.2) is 19.2 Å². The number of unbranched alkanes of at least 4 members (excludes halogenated alkanes) is 1. The molecule has 1 N–H and O–H groups in total. The molecule has 4 heteroatoms. The maximum atomic E-state index is 11.5. The number of amides is 1. The van der Waals surface area contributed by atoms with Gasteiger partial charge in [0.05, 0.1) is 7.11 Å². The number of nitrogens with one attached hydrogen (secondary N) is 1. The molecule has 0 radical (unpaired) electrons. The summed E-state index contributed by atoms with van der Waals surface area (Å²) in [7, 11) is 1.59. The zero-order valence-corrected chi connectivity index (χ0v) is 9.56. The molecule has 0 bridgehead atoms. The van der Waals surface area contributed by atoms with Crippen molar-refractivity contribution in [2.75, 3.05) is 7.11 Å². The fourth-order valence-electron chi connectivity index (χ4n) is 1.10. The monoisotopic (exact) mass is 220 g/mol. The van der Waals surface area contributed by atoms with Crippen LogP contribution in [0.25, 0.3) is 0 Å². The minimum Gasteiger partial charge on any atom is -0.497 e. The SMILES string of the molecule is CCC/C=N/NC(=O)c1ccc(OC)cc1. The van der Waals surface area contributed by atoms with Crippen molar-refractivity contribution in [1.29, 1.82) is 0 Å². The van der Waals surface area contributed by atoms with E-state index in [1.54, 1.807) is 37.6 Å². The lowest BCUT2D eigenvalue weighted by atomic mass is 10.2. The van der Waals surface area contributed by atoms with Crippen molar-refractivity contribution < 1.29 is 9.53 Å². The summed E-state index contributed by atoms with van der Waals surface area (Å²) in [6.07, 6.45) is 3.58. The lowest BCUT2D eigenvalue weighted by Gasteiger charge is -2.01. The van der Waals surface area contributed by atoms with Crippen molar-refractivity contribution in [2.24, 2.45) is 5.10 Å². The summed E-state index contributed by atoms with van der Waals surface area (Å²) in [6, 6.07) is 6.88. The predicted octanol–water partition coefficient (Wildman–Crippen LogP) is 2.21. The second-order valence-electron chi connectivity index (χ2n) is 3.27. The van der Waals surface area contributed by atoms with E-state index < -0.39 is 0 Å². The summed E-state index contributed by atoms with van der Waals surface area (Å²) in [4.78, 5) is 11.5. The molecule has 0 fully saturated rings. The second kappa shape index (κ2) is 6.61. The molecule has 0 aliphatic carbocycles. The van der Waals surface area contributed by atoms with Crippen LogP contribution in [0, 0.1) is 0 Å². The van der Waals surface area contributed by atoms with E-state index in [-0.39, 0.29) is 5.91 Å². The van der Waals surface area contributed by atoms with E-state index in [9.17, 15) is 4.79 Å². The Hall–Kier alpha value is -1.84. The first-order chi connectivity index (χ1) is 7.77. The highest BCUT2D eigenvalue weighted by atomic mass is 16.5. The minimum absolute atomic E-state index is 0.213. The minimum atomic E-state index is -0.213. The van der Waals surface area contributed by atoms with Crippen LogP contribution in [0.2, 0.25) is 0 Å². The molecule has 0 aliphatic rings. The van der Waals surface area contributed by atoms with Gasteiger partial charge in [-0.15, -0.1) is 0 Å². The van der Waals surface area contributed by atoms with Gasteiger partial charge in [0, 0.05) is 11.8 Å². The van der Waals surface area contributed by atoms with Gasteiger partial charge in [0.15, 0.2) is 0 Å². The number of ether oxygens (including phenoxy) is 1. The summed E-state index contributed by atoms with van der Waals surface area (Å²) in [5.74, 6) is 0.515. The first-order valence-corrected chi connectivity index (χ1v) is 5.24. The van der Waals surface area contributed by atoms with Gasteiger partial charge in [0.2, 0.25) is 0 Å². The standard InChI is InChI=1S/C12H16N2O2/c1-3-4-9-13-14-12(15)10-5-7-11(16-2)8-6-10/h5-9H,3-4H2,1-2H3,(H,14,15)/b13-9+. The largest absolute Gasteiger partial charge is 0.497 e. The van der Waals surface area contributed by atoms with Crippen molar-refractivity contribution in [3.05, 3.63) is 29.8 Å². The molecule has 0 heterocycles. The summed E-state index contributed by atoms with van der Waals surface area (Å²) in [5, 5.41) is 3.82. The molecule has 1 amide bonds. The highest BCUT2D eigenvalue weighted by Crippen LogP contribution is 2.10. The number of carbonyl (C=O) groups is 1. The first-order valence-electron chi connectivity index (χ1n) is 5.24.